The van der Waals surface area contributed by atoms with Crippen molar-refractivity contribution in [3.8, 4) is 5.88 Å². The molecule has 0 aliphatic heterocycles. The van der Waals surface area contributed by atoms with Crippen molar-refractivity contribution in [2.24, 2.45) is 0 Å². The molecule has 4 nitrogen and oxygen atoms in total. The lowest BCUT2D eigenvalue weighted by Gasteiger charge is -2.06. The topological polar surface area (TPSA) is 59.4 Å². The second kappa shape index (κ2) is 5.11. The summed E-state index contributed by atoms with van der Waals surface area (Å²) in [6.07, 6.45) is 0.678. The molecule has 0 atom stereocenters. The highest BCUT2D eigenvalue weighted by Gasteiger charge is 2.16. The van der Waals surface area contributed by atoms with Gasteiger partial charge in [0.05, 0.1) is 12.3 Å². The molecule has 82 valence electrons. The molecule has 0 spiro atoms. The molecule has 1 aromatic heterocycles. The van der Waals surface area contributed by atoms with Gasteiger partial charge in [-0.25, -0.2) is 9.78 Å². The van der Waals surface area contributed by atoms with E-state index in [0.717, 1.165) is 0 Å². The van der Waals surface area contributed by atoms with Crippen LogP contribution >= 0.6 is 15.9 Å². The largest absolute Gasteiger partial charge is 0.493 e. The van der Waals surface area contributed by atoms with Gasteiger partial charge < -0.3 is 9.84 Å². The molecule has 1 N–H and O–H groups in total. The van der Waals surface area contributed by atoms with E-state index < -0.39 is 5.97 Å². The van der Waals surface area contributed by atoms with Gasteiger partial charge in [-0.15, -0.1) is 0 Å². The summed E-state index contributed by atoms with van der Waals surface area (Å²) in [5, 5.41) is 9.51. The molecule has 15 heavy (non-hydrogen) atoms. The van der Waals surface area contributed by atoms with Crippen LogP contribution in [-0.4, -0.2) is 22.7 Å². The Kier molecular flexibility index (Phi) is 4.08. The number of hydrogen-bond donors (Lipinski definition) is 1. The van der Waals surface area contributed by atoms with Gasteiger partial charge in [0, 0.05) is 4.47 Å². The predicted molar refractivity (Wildman–Crippen MR) is 58.9 cm³/mol. The van der Waals surface area contributed by atoms with Crippen molar-refractivity contribution in [2.75, 3.05) is 6.61 Å². The standard InChI is InChI=1S/C10H12BrNO3/c1-3-8-7(11)5-6(9(13)12-8)10(14)15-4-2/h5H,3-4H2,1-2H3,(H,12,13). The van der Waals surface area contributed by atoms with Gasteiger partial charge in [-0.05, 0) is 35.3 Å². The van der Waals surface area contributed by atoms with E-state index in [9.17, 15) is 9.90 Å². The van der Waals surface area contributed by atoms with Gasteiger partial charge >= 0.3 is 5.97 Å². The maximum Gasteiger partial charge on any atom is 0.343 e. The fraction of sp³-hybridized carbons (Fsp3) is 0.400. The summed E-state index contributed by atoms with van der Waals surface area (Å²) in [5.41, 5.74) is 0.793. The molecule has 5 heteroatoms. The Hall–Kier alpha value is -1.10. The summed E-state index contributed by atoms with van der Waals surface area (Å²) < 4.78 is 5.48. The second-order valence-electron chi connectivity index (χ2n) is 2.86. The van der Waals surface area contributed by atoms with Gasteiger partial charge in [0.15, 0.2) is 0 Å². The van der Waals surface area contributed by atoms with Crippen LogP contribution in [0.1, 0.15) is 29.9 Å². The summed E-state index contributed by atoms with van der Waals surface area (Å²) in [4.78, 5) is 15.3. The van der Waals surface area contributed by atoms with E-state index in [1.165, 1.54) is 6.07 Å². The fourth-order valence-electron chi connectivity index (χ4n) is 1.12. The minimum atomic E-state index is -0.564. The van der Waals surface area contributed by atoms with Crippen molar-refractivity contribution in [3.05, 3.63) is 21.8 Å². The third-order valence-corrected chi connectivity index (χ3v) is 2.55. The Labute approximate surface area is 96.4 Å². The zero-order valence-corrected chi connectivity index (χ0v) is 10.2. The Morgan fingerprint density at radius 1 is 1.60 bits per heavy atom. The molecule has 0 unspecified atom stereocenters. The number of aryl methyl sites for hydroxylation is 1. The predicted octanol–water partition coefficient (Wildman–Crippen LogP) is 2.29. The molecule has 0 aliphatic rings. The molecule has 1 aromatic rings. The molecular formula is C10H12BrNO3. The van der Waals surface area contributed by atoms with Crippen LogP contribution in [0.2, 0.25) is 0 Å². The molecule has 0 fully saturated rings. The summed E-state index contributed by atoms with van der Waals surface area (Å²) in [6.45, 7) is 3.89. The third-order valence-electron chi connectivity index (χ3n) is 1.86. The van der Waals surface area contributed by atoms with Gasteiger partial charge in [-0.3, -0.25) is 0 Å². The number of aromatic hydroxyl groups is 1. The van der Waals surface area contributed by atoms with E-state index in [1.54, 1.807) is 6.92 Å². The van der Waals surface area contributed by atoms with E-state index >= 15 is 0 Å². The molecule has 1 heterocycles. The normalized spacial score (nSPS) is 10.1. The smallest absolute Gasteiger partial charge is 0.343 e. The number of nitrogens with zero attached hydrogens (tertiary/aromatic N) is 1. The van der Waals surface area contributed by atoms with Crippen LogP contribution in [0.5, 0.6) is 5.88 Å². The van der Waals surface area contributed by atoms with Crippen molar-refractivity contribution in [2.45, 2.75) is 20.3 Å². The van der Waals surface area contributed by atoms with Gasteiger partial charge in [0.2, 0.25) is 5.88 Å². The fourth-order valence-corrected chi connectivity index (χ4v) is 1.72. The third kappa shape index (κ3) is 2.68. The number of rotatable bonds is 3. The quantitative estimate of drug-likeness (QED) is 0.859. The summed E-state index contributed by atoms with van der Waals surface area (Å²) in [6, 6.07) is 1.53. The number of pyridine rings is 1. The van der Waals surface area contributed by atoms with Gasteiger partial charge in [0.1, 0.15) is 5.56 Å². The van der Waals surface area contributed by atoms with Crippen LogP contribution in [0, 0.1) is 0 Å². The van der Waals surface area contributed by atoms with E-state index in [1.807, 2.05) is 6.92 Å². The van der Waals surface area contributed by atoms with Crippen LogP contribution in [0.3, 0.4) is 0 Å². The molecule has 0 bridgehead atoms. The first-order valence-electron chi connectivity index (χ1n) is 4.65. The highest BCUT2D eigenvalue weighted by Crippen LogP contribution is 2.24. The minimum Gasteiger partial charge on any atom is -0.493 e. The monoisotopic (exact) mass is 273 g/mol. The Bertz CT molecular complexity index is 379. The lowest BCUT2D eigenvalue weighted by Crippen LogP contribution is -2.06. The zero-order chi connectivity index (χ0) is 11.4. The number of halogens is 1. The van der Waals surface area contributed by atoms with E-state index in [4.69, 9.17) is 4.74 Å². The van der Waals surface area contributed by atoms with Gasteiger partial charge in [-0.2, -0.15) is 0 Å². The maximum atomic E-state index is 11.4. The first-order chi connectivity index (χ1) is 7.10. The first kappa shape index (κ1) is 12.0. The first-order valence-corrected chi connectivity index (χ1v) is 5.44. The van der Waals surface area contributed by atoms with E-state index in [-0.39, 0.29) is 18.1 Å². The molecular weight excluding hydrogens is 262 g/mol. The van der Waals surface area contributed by atoms with Crippen LogP contribution in [0.15, 0.2) is 10.5 Å². The SMILES string of the molecule is CCOC(=O)c1cc(Br)c(CC)nc1O. The number of ether oxygens (including phenoxy) is 1. The number of carbonyl (C=O) groups is 1. The number of carbonyl (C=O) groups excluding carboxylic acids is 1. The van der Waals surface area contributed by atoms with Gasteiger partial charge in [-0.1, -0.05) is 6.92 Å². The molecule has 0 saturated heterocycles. The highest BCUT2D eigenvalue weighted by atomic mass is 79.9. The number of esters is 1. The van der Waals surface area contributed by atoms with Crippen molar-refractivity contribution in [3.63, 3.8) is 0 Å². The molecule has 1 rings (SSSR count). The molecule has 0 amide bonds. The molecule has 0 aliphatic carbocycles. The Morgan fingerprint density at radius 3 is 2.80 bits per heavy atom. The molecule has 0 radical (unpaired) electrons. The maximum absolute atomic E-state index is 11.4. The molecule has 0 saturated carbocycles. The number of aromatic nitrogens is 1. The lowest BCUT2D eigenvalue weighted by atomic mass is 10.2. The molecule has 0 aromatic carbocycles. The summed E-state index contributed by atoms with van der Waals surface area (Å²) in [5.74, 6) is -0.848. The van der Waals surface area contributed by atoms with E-state index in [0.29, 0.717) is 16.6 Å². The van der Waals surface area contributed by atoms with Crippen molar-refractivity contribution in [1.29, 1.82) is 0 Å². The zero-order valence-electron chi connectivity index (χ0n) is 8.58. The van der Waals surface area contributed by atoms with Crippen molar-refractivity contribution < 1.29 is 14.6 Å². The van der Waals surface area contributed by atoms with Gasteiger partial charge in [0.25, 0.3) is 0 Å². The van der Waals surface area contributed by atoms with Crippen LogP contribution < -0.4 is 0 Å². The van der Waals surface area contributed by atoms with E-state index in [2.05, 4.69) is 20.9 Å². The Balaban J connectivity index is 3.10. The average molecular weight is 274 g/mol. The highest BCUT2D eigenvalue weighted by molar-refractivity contribution is 9.10. The van der Waals surface area contributed by atoms with Crippen LogP contribution in [0.25, 0.3) is 0 Å². The lowest BCUT2D eigenvalue weighted by molar-refractivity contribution is 0.0522. The van der Waals surface area contributed by atoms with Crippen molar-refractivity contribution >= 4 is 21.9 Å². The number of hydrogen-bond acceptors (Lipinski definition) is 4. The average Bonchev–Trinajstić information content (AvgIpc) is 2.21. The van der Waals surface area contributed by atoms with Crippen LogP contribution in [0.4, 0.5) is 0 Å². The van der Waals surface area contributed by atoms with Crippen molar-refractivity contribution in [1.82, 2.24) is 4.98 Å². The second-order valence-corrected chi connectivity index (χ2v) is 3.72. The Morgan fingerprint density at radius 2 is 2.27 bits per heavy atom. The summed E-state index contributed by atoms with van der Waals surface area (Å²) in [7, 11) is 0. The minimum absolute atomic E-state index is 0.0842. The van der Waals surface area contributed by atoms with Crippen LogP contribution in [-0.2, 0) is 11.2 Å². The summed E-state index contributed by atoms with van der Waals surface area (Å²) >= 11 is 3.28.